The molecule has 1 aromatic carbocycles. The fourth-order valence-corrected chi connectivity index (χ4v) is 6.61. The number of aryl methyl sites for hydroxylation is 1. The molecule has 0 saturated carbocycles. The van der Waals surface area contributed by atoms with Crippen molar-refractivity contribution in [3.8, 4) is 0 Å². The number of piperazine rings is 1. The van der Waals surface area contributed by atoms with Crippen LogP contribution >= 0.6 is 0 Å². The van der Waals surface area contributed by atoms with E-state index >= 15 is 0 Å². The molecule has 1 atom stereocenters. The molecule has 0 amide bonds. The van der Waals surface area contributed by atoms with Crippen LogP contribution in [0.2, 0.25) is 0 Å². The van der Waals surface area contributed by atoms with Crippen LogP contribution in [0, 0.1) is 12.7 Å². The van der Waals surface area contributed by atoms with Gasteiger partial charge in [0.05, 0.1) is 11.2 Å². The minimum absolute atomic E-state index is 0.106. The average molecular weight is 434 g/mol. The maximum absolute atomic E-state index is 13.5. The lowest BCUT2D eigenvalue weighted by molar-refractivity contribution is 0.0600. The summed E-state index contributed by atoms with van der Waals surface area (Å²) in [6.45, 7) is 6.31. The van der Waals surface area contributed by atoms with Crippen LogP contribution in [0.25, 0.3) is 0 Å². The highest BCUT2D eigenvalue weighted by atomic mass is 32.2. The molecule has 158 valence electrons. The van der Waals surface area contributed by atoms with Gasteiger partial charge in [-0.05, 0) is 43.5 Å². The molecule has 1 aromatic rings. The first-order valence-corrected chi connectivity index (χ1v) is 12.7. The lowest BCUT2D eigenvalue weighted by Gasteiger charge is -2.45. The van der Waals surface area contributed by atoms with E-state index in [-0.39, 0.29) is 10.4 Å². The number of hydrogen-bond acceptors (Lipinski definition) is 5. The predicted molar refractivity (Wildman–Crippen MR) is 106 cm³/mol. The fourth-order valence-electron chi connectivity index (χ4n) is 4.20. The van der Waals surface area contributed by atoms with Crippen LogP contribution in [0.4, 0.5) is 4.39 Å². The van der Waals surface area contributed by atoms with Crippen molar-refractivity contribution >= 4 is 20.0 Å². The molecule has 0 aliphatic carbocycles. The maximum atomic E-state index is 13.5. The predicted octanol–water partition coefficient (Wildman–Crippen LogP) is 1.25. The molecule has 3 rings (SSSR count). The zero-order valence-electron chi connectivity index (χ0n) is 16.6. The summed E-state index contributed by atoms with van der Waals surface area (Å²) in [5.41, 5.74) is 0.0576. The molecule has 0 spiro atoms. The summed E-state index contributed by atoms with van der Waals surface area (Å²) >= 11 is 0. The molecule has 0 aromatic heterocycles. The summed E-state index contributed by atoms with van der Waals surface area (Å²) in [6, 6.07) is 3.85. The number of halogens is 1. The van der Waals surface area contributed by atoms with Crippen molar-refractivity contribution < 1.29 is 21.2 Å². The van der Waals surface area contributed by atoms with Crippen molar-refractivity contribution in [2.24, 2.45) is 0 Å². The van der Waals surface area contributed by atoms with Gasteiger partial charge in [-0.3, -0.25) is 4.90 Å². The Balaban J connectivity index is 1.72. The highest BCUT2D eigenvalue weighted by Gasteiger charge is 2.45. The number of sulfonamides is 2. The van der Waals surface area contributed by atoms with Crippen LogP contribution in [-0.2, 0) is 20.0 Å². The number of benzene rings is 1. The van der Waals surface area contributed by atoms with Gasteiger partial charge < -0.3 is 0 Å². The molecule has 2 aliphatic rings. The third-order valence-electron chi connectivity index (χ3n) is 6.10. The molecule has 1 unspecified atom stereocenters. The Labute approximate surface area is 167 Å². The largest absolute Gasteiger partial charge is 0.294 e. The Morgan fingerprint density at radius 1 is 1.04 bits per heavy atom. The molecule has 0 bridgehead atoms. The van der Waals surface area contributed by atoms with E-state index in [0.29, 0.717) is 44.8 Å². The molecule has 0 radical (unpaired) electrons. The standard InChI is InChI=1S/C18H28FN3O4S2/c1-4-18(7-8-22(14-18)27(3,23)24)20-9-11-21(12-10-20)28(25,26)16-5-6-17(19)15(2)13-16/h5-6,13H,4,7-12,14H2,1-3H3. The van der Waals surface area contributed by atoms with E-state index in [1.165, 1.54) is 33.1 Å². The van der Waals surface area contributed by atoms with E-state index in [4.69, 9.17) is 0 Å². The molecular formula is C18H28FN3O4S2. The van der Waals surface area contributed by atoms with Crippen molar-refractivity contribution in [1.82, 2.24) is 13.5 Å². The smallest absolute Gasteiger partial charge is 0.243 e. The monoisotopic (exact) mass is 433 g/mol. The van der Waals surface area contributed by atoms with E-state index in [1.54, 1.807) is 6.92 Å². The third kappa shape index (κ3) is 3.97. The lowest BCUT2D eigenvalue weighted by Crippen LogP contribution is -2.58. The van der Waals surface area contributed by atoms with Gasteiger partial charge in [-0.1, -0.05) is 6.92 Å². The summed E-state index contributed by atoms with van der Waals surface area (Å²) < 4.78 is 66.1. The Bertz CT molecular complexity index is 944. The quantitative estimate of drug-likeness (QED) is 0.699. The van der Waals surface area contributed by atoms with E-state index in [2.05, 4.69) is 11.8 Å². The molecule has 0 N–H and O–H groups in total. The molecule has 28 heavy (non-hydrogen) atoms. The van der Waals surface area contributed by atoms with E-state index < -0.39 is 25.9 Å². The second kappa shape index (κ2) is 7.64. The fraction of sp³-hybridized carbons (Fsp3) is 0.667. The Hall–Kier alpha value is -1.07. The van der Waals surface area contributed by atoms with E-state index in [9.17, 15) is 21.2 Å². The second-order valence-electron chi connectivity index (χ2n) is 7.73. The van der Waals surface area contributed by atoms with Crippen LogP contribution < -0.4 is 0 Å². The van der Waals surface area contributed by atoms with Gasteiger partial charge in [0, 0.05) is 44.8 Å². The SMILES string of the molecule is CCC1(N2CCN(S(=O)(=O)c3ccc(F)c(C)c3)CC2)CCN(S(C)(=O)=O)C1. The average Bonchev–Trinajstić information content (AvgIpc) is 3.10. The van der Waals surface area contributed by atoms with Crippen molar-refractivity contribution in [2.45, 2.75) is 37.1 Å². The zero-order valence-corrected chi connectivity index (χ0v) is 18.2. The summed E-state index contributed by atoms with van der Waals surface area (Å²) in [5.74, 6) is -0.426. The first-order chi connectivity index (χ1) is 13.0. The van der Waals surface area contributed by atoms with Gasteiger partial charge in [-0.15, -0.1) is 0 Å². The normalized spacial score (nSPS) is 26.0. The number of nitrogens with zero attached hydrogens (tertiary/aromatic N) is 3. The van der Waals surface area contributed by atoms with Crippen LogP contribution in [0.3, 0.4) is 0 Å². The second-order valence-corrected chi connectivity index (χ2v) is 11.6. The molecule has 10 heteroatoms. The van der Waals surface area contributed by atoms with Gasteiger partial charge in [0.2, 0.25) is 20.0 Å². The maximum Gasteiger partial charge on any atom is 0.243 e. The first kappa shape index (κ1) is 21.6. The third-order valence-corrected chi connectivity index (χ3v) is 9.25. The topological polar surface area (TPSA) is 78.0 Å². The van der Waals surface area contributed by atoms with Crippen molar-refractivity contribution in [3.05, 3.63) is 29.6 Å². The van der Waals surface area contributed by atoms with Gasteiger partial charge >= 0.3 is 0 Å². The van der Waals surface area contributed by atoms with Crippen LogP contribution in [0.1, 0.15) is 25.3 Å². The van der Waals surface area contributed by atoms with E-state index in [1.807, 2.05) is 0 Å². The summed E-state index contributed by atoms with van der Waals surface area (Å²) in [4.78, 5) is 2.34. The molecular weight excluding hydrogens is 405 g/mol. The molecule has 7 nitrogen and oxygen atoms in total. The molecule has 2 saturated heterocycles. The Morgan fingerprint density at radius 3 is 2.18 bits per heavy atom. The van der Waals surface area contributed by atoms with Gasteiger partial charge in [0.1, 0.15) is 5.82 Å². The first-order valence-electron chi connectivity index (χ1n) is 9.46. The molecule has 2 heterocycles. The van der Waals surface area contributed by atoms with Crippen LogP contribution in [0.15, 0.2) is 23.1 Å². The van der Waals surface area contributed by atoms with Crippen LogP contribution in [0.5, 0.6) is 0 Å². The minimum Gasteiger partial charge on any atom is -0.294 e. The zero-order chi connectivity index (χ0) is 20.7. The lowest BCUT2D eigenvalue weighted by atomic mass is 9.92. The van der Waals surface area contributed by atoms with Crippen molar-refractivity contribution in [2.75, 3.05) is 45.5 Å². The number of rotatable bonds is 5. The summed E-state index contributed by atoms with van der Waals surface area (Å²) in [6.07, 6.45) is 2.79. The Morgan fingerprint density at radius 2 is 1.68 bits per heavy atom. The Kier molecular flexibility index (Phi) is 5.90. The van der Waals surface area contributed by atoms with Crippen molar-refractivity contribution in [3.63, 3.8) is 0 Å². The van der Waals surface area contributed by atoms with Gasteiger partial charge in [0.15, 0.2) is 0 Å². The molecule has 2 aliphatic heterocycles. The van der Waals surface area contributed by atoms with E-state index in [0.717, 1.165) is 12.8 Å². The van der Waals surface area contributed by atoms with Crippen LogP contribution in [-0.4, -0.2) is 81.4 Å². The van der Waals surface area contributed by atoms with Gasteiger partial charge in [-0.2, -0.15) is 4.31 Å². The minimum atomic E-state index is -3.68. The highest BCUT2D eigenvalue weighted by molar-refractivity contribution is 7.89. The van der Waals surface area contributed by atoms with Crippen molar-refractivity contribution in [1.29, 1.82) is 0 Å². The highest BCUT2D eigenvalue weighted by Crippen LogP contribution is 2.34. The summed E-state index contributed by atoms with van der Waals surface area (Å²) in [5, 5.41) is 0. The summed E-state index contributed by atoms with van der Waals surface area (Å²) in [7, 11) is -6.91. The number of hydrogen-bond donors (Lipinski definition) is 0. The van der Waals surface area contributed by atoms with Gasteiger partial charge in [-0.25, -0.2) is 25.5 Å². The van der Waals surface area contributed by atoms with Gasteiger partial charge in [0.25, 0.3) is 0 Å². The molecule has 2 fully saturated rings.